The minimum absolute atomic E-state index is 0.729. The van der Waals surface area contributed by atoms with E-state index in [1.807, 2.05) is 24.3 Å². The average molecular weight is 374 g/mol. The Bertz CT molecular complexity index is 902. The Morgan fingerprint density at radius 2 is 1.48 bits per heavy atom. The van der Waals surface area contributed by atoms with E-state index in [9.17, 15) is 5.26 Å². The van der Waals surface area contributed by atoms with Gasteiger partial charge in [0.15, 0.2) is 0 Å². The SMILES string of the molecule is N#Cc1ccccc1-c1ccc(CN2CCN(Cc3ccsc3)CC2)cc1. The summed E-state index contributed by atoms with van der Waals surface area (Å²) >= 11 is 1.78. The fourth-order valence-electron chi connectivity index (χ4n) is 3.63. The van der Waals surface area contributed by atoms with E-state index in [1.165, 1.54) is 11.1 Å². The Balaban J connectivity index is 1.34. The minimum atomic E-state index is 0.729. The highest BCUT2D eigenvalue weighted by atomic mass is 32.1. The summed E-state index contributed by atoms with van der Waals surface area (Å²) in [6.07, 6.45) is 0. The van der Waals surface area contributed by atoms with Crippen molar-refractivity contribution in [2.24, 2.45) is 0 Å². The van der Waals surface area contributed by atoms with Crippen molar-refractivity contribution in [2.75, 3.05) is 26.2 Å². The third-order valence-electron chi connectivity index (χ3n) is 5.17. The van der Waals surface area contributed by atoms with Crippen LogP contribution in [0.25, 0.3) is 11.1 Å². The van der Waals surface area contributed by atoms with Crippen LogP contribution in [0.5, 0.6) is 0 Å². The van der Waals surface area contributed by atoms with Crippen molar-refractivity contribution in [1.29, 1.82) is 5.26 Å². The molecule has 0 saturated carbocycles. The highest BCUT2D eigenvalue weighted by Crippen LogP contribution is 2.24. The molecule has 136 valence electrons. The maximum absolute atomic E-state index is 9.29. The van der Waals surface area contributed by atoms with Gasteiger partial charge in [-0.1, -0.05) is 42.5 Å². The van der Waals surface area contributed by atoms with Gasteiger partial charge in [0.25, 0.3) is 0 Å². The van der Waals surface area contributed by atoms with E-state index in [0.717, 1.165) is 56.0 Å². The molecule has 3 nitrogen and oxygen atoms in total. The van der Waals surface area contributed by atoms with Crippen LogP contribution in [0.15, 0.2) is 65.4 Å². The molecule has 1 aromatic heterocycles. The molecule has 2 aromatic carbocycles. The van der Waals surface area contributed by atoms with Gasteiger partial charge >= 0.3 is 0 Å². The second-order valence-corrected chi connectivity index (χ2v) is 7.82. The highest BCUT2D eigenvalue weighted by molar-refractivity contribution is 7.07. The summed E-state index contributed by atoms with van der Waals surface area (Å²) in [6, 6.07) is 21.0. The summed E-state index contributed by atoms with van der Waals surface area (Å²) in [5.41, 5.74) is 5.61. The molecule has 1 fully saturated rings. The first-order valence-corrected chi connectivity index (χ1v) is 10.3. The number of thiophene rings is 1. The lowest BCUT2D eigenvalue weighted by Crippen LogP contribution is -2.45. The van der Waals surface area contributed by atoms with Crippen LogP contribution in [-0.4, -0.2) is 36.0 Å². The topological polar surface area (TPSA) is 30.3 Å². The van der Waals surface area contributed by atoms with Crippen molar-refractivity contribution in [1.82, 2.24) is 9.80 Å². The molecule has 0 atom stereocenters. The molecule has 0 N–H and O–H groups in total. The molecular formula is C23H23N3S. The van der Waals surface area contributed by atoms with E-state index in [1.54, 1.807) is 11.3 Å². The molecule has 1 aliphatic rings. The molecule has 0 spiro atoms. The molecule has 4 heteroatoms. The zero-order valence-corrected chi connectivity index (χ0v) is 16.2. The van der Waals surface area contributed by atoms with E-state index < -0.39 is 0 Å². The molecule has 0 amide bonds. The van der Waals surface area contributed by atoms with E-state index in [0.29, 0.717) is 0 Å². The zero-order chi connectivity index (χ0) is 18.5. The molecule has 0 aliphatic carbocycles. The monoisotopic (exact) mass is 373 g/mol. The Labute approximate surface area is 165 Å². The van der Waals surface area contributed by atoms with Crippen LogP contribution in [0.3, 0.4) is 0 Å². The Morgan fingerprint density at radius 3 is 2.11 bits per heavy atom. The van der Waals surface area contributed by atoms with Crippen molar-refractivity contribution < 1.29 is 0 Å². The van der Waals surface area contributed by atoms with Gasteiger partial charge in [0.05, 0.1) is 11.6 Å². The van der Waals surface area contributed by atoms with Crippen molar-refractivity contribution in [3.8, 4) is 17.2 Å². The maximum atomic E-state index is 9.29. The summed E-state index contributed by atoms with van der Waals surface area (Å²) < 4.78 is 0. The standard InChI is InChI=1S/C23H23N3S/c24-15-22-3-1-2-4-23(22)21-7-5-19(6-8-21)16-25-10-12-26(13-11-25)17-20-9-14-27-18-20/h1-9,14,18H,10-13,16-17H2. The molecule has 1 saturated heterocycles. The lowest BCUT2D eigenvalue weighted by molar-refractivity contribution is 0.122. The summed E-state index contributed by atoms with van der Waals surface area (Å²) in [6.45, 7) is 6.55. The van der Waals surface area contributed by atoms with Gasteiger partial charge in [-0.25, -0.2) is 0 Å². The van der Waals surface area contributed by atoms with Crippen LogP contribution in [0.2, 0.25) is 0 Å². The first-order chi connectivity index (χ1) is 13.3. The quantitative estimate of drug-likeness (QED) is 0.654. The molecule has 0 unspecified atom stereocenters. The van der Waals surface area contributed by atoms with Gasteiger partial charge in [-0.2, -0.15) is 16.6 Å². The smallest absolute Gasteiger partial charge is 0.0998 e. The average Bonchev–Trinajstić information content (AvgIpc) is 3.23. The Hall–Kier alpha value is -2.45. The van der Waals surface area contributed by atoms with E-state index in [-0.39, 0.29) is 0 Å². The van der Waals surface area contributed by atoms with E-state index in [4.69, 9.17) is 0 Å². The predicted molar refractivity (Wildman–Crippen MR) is 111 cm³/mol. The van der Waals surface area contributed by atoms with Crippen molar-refractivity contribution in [3.05, 3.63) is 82.0 Å². The number of nitrogens with zero attached hydrogens (tertiary/aromatic N) is 3. The zero-order valence-electron chi connectivity index (χ0n) is 15.3. The normalized spacial score (nSPS) is 15.5. The second-order valence-electron chi connectivity index (χ2n) is 7.04. The first-order valence-electron chi connectivity index (χ1n) is 9.36. The Morgan fingerprint density at radius 1 is 0.815 bits per heavy atom. The molecule has 3 aromatic rings. The number of benzene rings is 2. The van der Waals surface area contributed by atoms with Gasteiger partial charge in [-0.05, 0) is 45.1 Å². The van der Waals surface area contributed by atoms with Crippen molar-refractivity contribution in [2.45, 2.75) is 13.1 Å². The molecule has 27 heavy (non-hydrogen) atoms. The first kappa shape index (κ1) is 17.9. The molecule has 0 radical (unpaired) electrons. The molecule has 2 heterocycles. The maximum Gasteiger partial charge on any atom is 0.0998 e. The molecule has 1 aliphatic heterocycles. The van der Waals surface area contributed by atoms with Crippen LogP contribution < -0.4 is 0 Å². The van der Waals surface area contributed by atoms with Crippen LogP contribution in [0.1, 0.15) is 16.7 Å². The number of hydrogen-bond donors (Lipinski definition) is 0. The fourth-order valence-corrected chi connectivity index (χ4v) is 4.29. The van der Waals surface area contributed by atoms with Gasteiger partial charge in [-0.15, -0.1) is 0 Å². The predicted octanol–water partition coefficient (Wildman–Crippen LogP) is 4.60. The lowest BCUT2D eigenvalue weighted by atomic mass is 9.99. The molecular weight excluding hydrogens is 350 g/mol. The highest BCUT2D eigenvalue weighted by Gasteiger charge is 2.17. The number of piperazine rings is 1. The van der Waals surface area contributed by atoms with E-state index in [2.05, 4.69) is 57.0 Å². The third-order valence-corrected chi connectivity index (χ3v) is 5.90. The van der Waals surface area contributed by atoms with Crippen LogP contribution in [0.4, 0.5) is 0 Å². The third kappa shape index (κ3) is 4.45. The number of rotatable bonds is 5. The van der Waals surface area contributed by atoms with Crippen molar-refractivity contribution in [3.63, 3.8) is 0 Å². The van der Waals surface area contributed by atoms with Crippen LogP contribution in [0, 0.1) is 11.3 Å². The van der Waals surface area contributed by atoms with Gasteiger partial charge in [-0.3, -0.25) is 9.80 Å². The van der Waals surface area contributed by atoms with E-state index >= 15 is 0 Å². The van der Waals surface area contributed by atoms with Gasteiger partial charge in [0.1, 0.15) is 0 Å². The molecule has 4 rings (SSSR count). The van der Waals surface area contributed by atoms with Crippen LogP contribution >= 0.6 is 11.3 Å². The fraction of sp³-hybridized carbons (Fsp3) is 0.261. The largest absolute Gasteiger partial charge is 0.297 e. The molecule has 0 bridgehead atoms. The second kappa shape index (κ2) is 8.49. The summed E-state index contributed by atoms with van der Waals surface area (Å²) in [5.74, 6) is 0. The van der Waals surface area contributed by atoms with Crippen LogP contribution in [-0.2, 0) is 13.1 Å². The minimum Gasteiger partial charge on any atom is -0.297 e. The summed E-state index contributed by atoms with van der Waals surface area (Å²) in [4.78, 5) is 5.07. The lowest BCUT2D eigenvalue weighted by Gasteiger charge is -2.34. The number of nitriles is 1. The number of hydrogen-bond acceptors (Lipinski definition) is 4. The Kier molecular flexibility index (Phi) is 5.64. The van der Waals surface area contributed by atoms with Gasteiger partial charge in [0, 0.05) is 39.3 Å². The summed E-state index contributed by atoms with van der Waals surface area (Å²) in [7, 11) is 0. The van der Waals surface area contributed by atoms with Gasteiger partial charge < -0.3 is 0 Å². The summed E-state index contributed by atoms with van der Waals surface area (Å²) in [5, 5.41) is 13.7. The van der Waals surface area contributed by atoms with Crippen molar-refractivity contribution >= 4 is 11.3 Å². The van der Waals surface area contributed by atoms with Gasteiger partial charge in [0.2, 0.25) is 0 Å².